The Balaban J connectivity index is 1.34. The number of aryl methyl sites for hydroxylation is 1. The van der Waals surface area contributed by atoms with Gasteiger partial charge in [-0.05, 0) is 61.6 Å². The topological polar surface area (TPSA) is 94.7 Å². The first-order chi connectivity index (χ1) is 15.1. The van der Waals surface area contributed by atoms with Crippen molar-refractivity contribution in [3.05, 3.63) is 82.4 Å². The highest BCUT2D eigenvalue weighted by atomic mass is 16.1. The summed E-state index contributed by atoms with van der Waals surface area (Å²) in [5.41, 5.74) is 11.4. The number of nitrogens with two attached hydrogens (primary N) is 1. The predicted octanol–water partition coefficient (Wildman–Crippen LogP) is 3.83. The fraction of sp³-hybridized carbons (Fsp3) is 0.400. The summed E-state index contributed by atoms with van der Waals surface area (Å²) in [6.45, 7) is 2.47. The molecule has 6 nitrogen and oxygen atoms in total. The Bertz CT molecular complexity index is 1000. The van der Waals surface area contributed by atoms with Crippen LogP contribution in [-0.2, 0) is 24.2 Å². The maximum atomic E-state index is 12.4. The van der Waals surface area contributed by atoms with Crippen molar-refractivity contribution in [2.45, 2.75) is 63.8 Å². The molecule has 2 atom stereocenters. The lowest BCUT2D eigenvalue weighted by Crippen LogP contribution is -2.16. The molecule has 0 radical (unpaired) electrons. The Kier molecular flexibility index (Phi) is 6.77. The number of Topliss-reactive ketones (excluding diaryl/α,β-unsaturated/α-hetero) is 1. The molecule has 4 rings (SSSR count). The number of carbonyl (C=O) groups is 1. The SMILES string of the molecule is Cc1ccc([C@H]2CCC[C@H](c3ccc(CC(=O)Cc4ccc(CN)cc4)nn3)C2)nn1. The number of ketones is 1. The summed E-state index contributed by atoms with van der Waals surface area (Å²) in [5, 5.41) is 17.4. The van der Waals surface area contributed by atoms with E-state index in [9.17, 15) is 4.79 Å². The third-order valence-corrected chi connectivity index (χ3v) is 6.11. The molecule has 1 fully saturated rings. The summed E-state index contributed by atoms with van der Waals surface area (Å²) in [6.07, 6.45) is 5.12. The van der Waals surface area contributed by atoms with E-state index in [4.69, 9.17) is 5.73 Å². The molecule has 0 spiro atoms. The van der Waals surface area contributed by atoms with Crippen molar-refractivity contribution in [1.29, 1.82) is 0 Å². The van der Waals surface area contributed by atoms with Crippen LogP contribution in [0.25, 0.3) is 0 Å². The highest BCUT2D eigenvalue weighted by Gasteiger charge is 2.26. The fourth-order valence-corrected chi connectivity index (χ4v) is 4.32. The maximum Gasteiger partial charge on any atom is 0.143 e. The zero-order valence-corrected chi connectivity index (χ0v) is 18.0. The van der Waals surface area contributed by atoms with Crippen LogP contribution in [0, 0.1) is 6.92 Å². The zero-order chi connectivity index (χ0) is 21.6. The third-order valence-electron chi connectivity index (χ3n) is 6.11. The normalized spacial score (nSPS) is 18.6. The lowest BCUT2D eigenvalue weighted by Gasteiger charge is -2.28. The van der Waals surface area contributed by atoms with Crippen LogP contribution in [-0.4, -0.2) is 26.2 Å². The number of nitrogens with zero attached hydrogens (tertiary/aromatic N) is 4. The third kappa shape index (κ3) is 5.58. The molecule has 0 aliphatic heterocycles. The number of benzene rings is 1. The molecule has 1 aliphatic rings. The minimum Gasteiger partial charge on any atom is -0.326 e. The van der Waals surface area contributed by atoms with Crippen molar-refractivity contribution in [3.8, 4) is 0 Å². The molecule has 2 aromatic heterocycles. The first-order valence-electron chi connectivity index (χ1n) is 11.0. The Morgan fingerprint density at radius 2 is 1.48 bits per heavy atom. The van der Waals surface area contributed by atoms with Gasteiger partial charge in [-0.15, -0.1) is 0 Å². The van der Waals surface area contributed by atoms with E-state index < -0.39 is 0 Å². The summed E-state index contributed by atoms with van der Waals surface area (Å²) in [5.74, 6) is 0.930. The summed E-state index contributed by atoms with van der Waals surface area (Å²) < 4.78 is 0. The van der Waals surface area contributed by atoms with Gasteiger partial charge in [0.05, 0.1) is 29.2 Å². The standard InChI is InChI=1S/C25H29N5O/c1-17-5-11-24(29-27-17)20-3-2-4-21(14-20)25-12-10-22(28-30-25)15-23(31)13-18-6-8-19(16-26)9-7-18/h5-12,20-21H,2-4,13-16,26H2,1H3/t20-,21-/m0/s1. The van der Waals surface area contributed by atoms with Gasteiger partial charge in [-0.25, -0.2) is 0 Å². The number of carbonyl (C=O) groups excluding carboxylic acids is 1. The fourth-order valence-electron chi connectivity index (χ4n) is 4.32. The molecule has 0 bridgehead atoms. The average Bonchev–Trinajstić information content (AvgIpc) is 2.80. The van der Waals surface area contributed by atoms with Crippen LogP contribution in [0.4, 0.5) is 0 Å². The lowest BCUT2D eigenvalue weighted by molar-refractivity contribution is -0.117. The minimum absolute atomic E-state index is 0.137. The average molecular weight is 416 g/mol. The Labute approximate surface area is 183 Å². The van der Waals surface area contributed by atoms with Crippen LogP contribution in [0.2, 0.25) is 0 Å². The number of aromatic nitrogens is 4. The van der Waals surface area contributed by atoms with Crippen LogP contribution >= 0.6 is 0 Å². The van der Waals surface area contributed by atoms with Crippen molar-refractivity contribution in [1.82, 2.24) is 20.4 Å². The molecule has 31 heavy (non-hydrogen) atoms. The molecular weight excluding hydrogens is 386 g/mol. The van der Waals surface area contributed by atoms with E-state index in [2.05, 4.69) is 26.5 Å². The number of hydrogen-bond donors (Lipinski definition) is 1. The second-order valence-electron chi connectivity index (χ2n) is 8.52. The summed E-state index contributed by atoms with van der Waals surface area (Å²) in [7, 11) is 0. The van der Waals surface area contributed by atoms with Crippen molar-refractivity contribution in [2.75, 3.05) is 0 Å². The highest BCUT2D eigenvalue weighted by molar-refractivity contribution is 5.82. The number of hydrogen-bond acceptors (Lipinski definition) is 6. The van der Waals surface area contributed by atoms with Gasteiger partial charge in [0.2, 0.25) is 0 Å². The number of rotatable bonds is 7. The summed E-state index contributed by atoms with van der Waals surface area (Å²) in [6, 6.07) is 16.0. The second kappa shape index (κ2) is 9.88. The van der Waals surface area contributed by atoms with Crippen LogP contribution < -0.4 is 5.73 Å². The van der Waals surface area contributed by atoms with Gasteiger partial charge in [0, 0.05) is 24.8 Å². The molecule has 1 aromatic carbocycles. The molecular formula is C25H29N5O. The summed E-state index contributed by atoms with van der Waals surface area (Å²) in [4.78, 5) is 12.4. The van der Waals surface area contributed by atoms with Crippen molar-refractivity contribution in [2.24, 2.45) is 5.73 Å². The van der Waals surface area contributed by atoms with Gasteiger partial charge >= 0.3 is 0 Å². The van der Waals surface area contributed by atoms with Gasteiger partial charge in [0.25, 0.3) is 0 Å². The first kappa shape index (κ1) is 21.2. The van der Waals surface area contributed by atoms with Gasteiger partial charge in [0.1, 0.15) is 5.78 Å². The van der Waals surface area contributed by atoms with Gasteiger partial charge in [0.15, 0.2) is 0 Å². The monoisotopic (exact) mass is 415 g/mol. The largest absolute Gasteiger partial charge is 0.326 e. The highest BCUT2D eigenvalue weighted by Crippen LogP contribution is 2.39. The van der Waals surface area contributed by atoms with Gasteiger partial charge in [-0.2, -0.15) is 20.4 Å². The summed E-state index contributed by atoms with van der Waals surface area (Å²) >= 11 is 0. The first-order valence-corrected chi connectivity index (χ1v) is 11.0. The van der Waals surface area contributed by atoms with Gasteiger partial charge in [-0.3, -0.25) is 4.79 Å². The van der Waals surface area contributed by atoms with Crippen molar-refractivity contribution < 1.29 is 4.79 Å². The zero-order valence-electron chi connectivity index (χ0n) is 18.0. The smallest absolute Gasteiger partial charge is 0.143 e. The quantitative estimate of drug-likeness (QED) is 0.630. The van der Waals surface area contributed by atoms with E-state index in [-0.39, 0.29) is 5.78 Å². The molecule has 3 aromatic rings. The van der Waals surface area contributed by atoms with Crippen LogP contribution in [0.1, 0.15) is 71.4 Å². The van der Waals surface area contributed by atoms with Crippen molar-refractivity contribution >= 4 is 5.78 Å². The van der Waals surface area contributed by atoms with E-state index in [0.717, 1.165) is 59.6 Å². The van der Waals surface area contributed by atoms with Crippen LogP contribution in [0.5, 0.6) is 0 Å². The van der Waals surface area contributed by atoms with Crippen LogP contribution in [0.3, 0.4) is 0 Å². The van der Waals surface area contributed by atoms with Gasteiger partial charge < -0.3 is 5.73 Å². The van der Waals surface area contributed by atoms with Crippen molar-refractivity contribution in [3.63, 3.8) is 0 Å². The lowest BCUT2D eigenvalue weighted by atomic mass is 9.78. The molecule has 0 saturated heterocycles. The Hall–Kier alpha value is -2.99. The molecule has 160 valence electrons. The molecule has 2 N–H and O–H groups in total. The predicted molar refractivity (Wildman–Crippen MR) is 119 cm³/mol. The van der Waals surface area contributed by atoms with E-state index in [1.807, 2.05) is 49.4 Å². The molecule has 2 heterocycles. The molecule has 0 amide bonds. The van der Waals surface area contributed by atoms with E-state index in [1.165, 1.54) is 0 Å². The van der Waals surface area contributed by atoms with Gasteiger partial charge in [-0.1, -0.05) is 30.7 Å². The van der Waals surface area contributed by atoms with E-state index >= 15 is 0 Å². The minimum atomic E-state index is 0.137. The maximum absolute atomic E-state index is 12.4. The van der Waals surface area contributed by atoms with E-state index in [1.54, 1.807) is 0 Å². The Morgan fingerprint density at radius 3 is 2.06 bits per heavy atom. The van der Waals surface area contributed by atoms with Crippen LogP contribution in [0.15, 0.2) is 48.5 Å². The molecule has 6 heteroatoms. The Morgan fingerprint density at radius 1 is 0.839 bits per heavy atom. The van der Waals surface area contributed by atoms with E-state index in [0.29, 0.717) is 31.2 Å². The molecule has 1 saturated carbocycles. The molecule has 1 aliphatic carbocycles. The second-order valence-corrected chi connectivity index (χ2v) is 8.52. The molecule has 0 unspecified atom stereocenters.